The first-order chi connectivity index (χ1) is 12.1. The highest BCUT2D eigenvalue weighted by molar-refractivity contribution is 5.88. The van der Waals surface area contributed by atoms with Gasteiger partial charge in [-0.1, -0.05) is 67.6 Å². The molecule has 0 aliphatic carbocycles. The maximum Gasteiger partial charge on any atom is 0.234 e. The van der Waals surface area contributed by atoms with Gasteiger partial charge in [0.25, 0.3) is 0 Å². The maximum absolute atomic E-state index is 12.4. The minimum absolute atomic E-state index is 0.0247. The predicted octanol–water partition coefficient (Wildman–Crippen LogP) is 2.83. The molecule has 0 radical (unpaired) electrons. The fraction of sp³-hybridized carbons (Fsp3) is 0.333. The zero-order chi connectivity index (χ0) is 18.1. The number of hydrogen-bond acceptors (Lipinski definition) is 3. The van der Waals surface area contributed by atoms with Crippen LogP contribution in [-0.2, 0) is 22.6 Å². The van der Waals surface area contributed by atoms with Gasteiger partial charge in [-0.05, 0) is 31.0 Å². The minimum Gasteiger partial charge on any atom is -0.345 e. The van der Waals surface area contributed by atoms with E-state index in [1.54, 1.807) is 0 Å². The number of rotatable bonds is 9. The predicted molar refractivity (Wildman–Crippen MR) is 100 cm³/mol. The summed E-state index contributed by atoms with van der Waals surface area (Å²) >= 11 is 0. The van der Waals surface area contributed by atoms with E-state index in [4.69, 9.17) is 0 Å². The van der Waals surface area contributed by atoms with Crippen molar-refractivity contribution in [3.63, 3.8) is 0 Å². The van der Waals surface area contributed by atoms with Crippen molar-refractivity contribution in [1.29, 1.82) is 0 Å². The molecule has 0 saturated carbocycles. The van der Waals surface area contributed by atoms with Crippen LogP contribution >= 0.6 is 0 Å². The van der Waals surface area contributed by atoms with Gasteiger partial charge < -0.3 is 5.32 Å². The van der Waals surface area contributed by atoms with E-state index in [9.17, 15) is 9.59 Å². The Labute approximate surface area is 149 Å². The van der Waals surface area contributed by atoms with Crippen molar-refractivity contribution in [2.24, 2.45) is 0 Å². The SMILES string of the molecule is CCN(CC(=O)N[C@H](Cc1ccccc1)C(C)=O)Cc1ccccc1. The zero-order valence-electron chi connectivity index (χ0n) is 14.9. The molecule has 2 aromatic rings. The summed E-state index contributed by atoms with van der Waals surface area (Å²) < 4.78 is 0. The summed E-state index contributed by atoms with van der Waals surface area (Å²) in [6, 6.07) is 19.3. The summed E-state index contributed by atoms with van der Waals surface area (Å²) in [7, 11) is 0. The number of Topliss-reactive ketones (excluding diaryl/α,β-unsaturated/α-hetero) is 1. The van der Waals surface area contributed by atoms with Gasteiger partial charge in [-0.15, -0.1) is 0 Å². The molecule has 0 aliphatic heterocycles. The van der Waals surface area contributed by atoms with Gasteiger partial charge in [-0.2, -0.15) is 0 Å². The molecule has 132 valence electrons. The number of benzene rings is 2. The molecule has 2 aromatic carbocycles. The number of likely N-dealkylation sites (N-methyl/N-ethyl adjacent to an activating group) is 1. The Morgan fingerprint density at radius 2 is 1.52 bits per heavy atom. The molecule has 1 N–H and O–H groups in total. The summed E-state index contributed by atoms with van der Waals surface area (Å²) in [5, 5.41) is 2.89. The normalized spacial score (nSPS) is 12.0. The lowest BCUT2D eigenvalue weighted by Gasteiger charge is -2.22. The lowest BCUT2D eigenvalue weighted by molar-refractivity contribution is -0.127. The van der Waals surface area contributed by atoms with Crippen LogP contribution in [0, 0.1) is 0 Å². The third-order valence-corrected chi connectivity index (χ3v) is 4.17. The van der Waals surface area contributed by atoms with Crippen LogP contribution in [0.5, 0.6) is 0 Å². The van der Waals surface area contributed by atoms with Gasteiger partial charge in [0.05, 0.1) is 12.6 Å². The second-order valence-electron chi connectivity index (χ2n) is 6.21. The van der Waals surface area contributed by atoms with E-state index in [1.807, 2.05) is 67.6 Å². The molecule has 0 aromatic heterocycles. The van der Waals surface area contributed by atoms with Crippen molar-refractivity contribution in [2.75, 3.05) is 13.1 Å². The Kier molecular flexibility index (Phi) is 7.36. The van der Waals surface area contributed by atoms with Crippen molar-refractivity contribution >= 4 is 11.7 Å². The quantitative estimate of drug-likeness (QED) is 0.765. The molecule has 4 nitrogen and oxygen atoms in total. The van der Waals surface area contributed by atoms with Crippen LogP contribution in [0.25, 0.3) is 0 Å². The molecule has 0 saturated heterocycles. The summed E-state index contributed by atoms with van der Waals surface area (Å²) in [4.78, 5) is 26.4. The van der Waals surface area contributed by atoms with Crippen molar-refractivity contribution in [1.82, 2.24) is 10.2 Å². The maximum atomic E-state index is 12.4. The number of nitrogens with zero attached hydrogens (tertiary/aromatic N) is 1. The number of amides is 1. The Balaban J connectivity index is 1.92. The van der Waals surface area contributed by atoms with Crippen molar-refractivity contribution in [3.8, 4) is 0 Å². The summed E-state index contributed by atoms with van der Waals surface area (Å²) in [5.41, 5.74) is 2.21. The Bertz CT molecular complexity index is 671. The second kappa shape index (κ2) is 9.74. The van der Waals surface area contributed by atoms with Crippen LogP contribution in [0.15, 0.2) is 60.7 Å². The molecular formula is C21H26N2O2. The number of carbonyl (C=O) groups excluding carboxylic acids is 2. The molecule has 1 atom stereocenters. The van der Waals surface area contributed by atoms with Gasteiger partial charge in [0, 0.05) is 6.54 Å². The van der Waals surface area contributed by atoms with Crippen LogP contribution in [0.2, 0.25) is 0 Å². The minimum atomic E-state index is -0.481. The average Bonchev–Trinajstić information content (AvgIpc) is 2.62. The van der Waals surface area contributed by atoms with Crippen LogP contribution in [0.3, 0.4) is 0 Å². The third-order valence-electron chi connectivity index (χ3n) is 4.17. The van der Waals surface area contributed by atoms with Crippen LogP contribution in [0.1, 0.15) is 25.0 Å². The molecular weight excluding hydrogens is 312 g/mol. The van der Waals surface area contributed by atoms with E-state index >= 15 is 0 Å². The molecule has 0 unspecified atom stereocenters. The Morgan fingerprint density at radius 3 is 2.04 bits per heavy atom. The van der Waals surface area contributed by atoms with Crippen molar-refractivity contribution < 1.29 is 9.59 Å². The molecule has 1 amide bonds. The topological polar surface area (TPSA) is 49.4 Å². The number of carbonyl (C=O) groups is 2. The zero-order valence-corrected chi connectivity index (χ0v) is 14.9. The summed E-state index contributed by atoms with van der Waals surface area (Å²) in [6.07, 6.45) is 0.521. The lowest BCUT2D eigenvalue weighted by Crippen LogP contribution is -2.45. The first-order valence-corrected chi connectivity index (χ1v) is 8.68. The van der Waals surface area contributed by atoms with Crippen LogP contribution in [0.4, 0.5) is 0 Å². The highest BCUT2D eigenvalue weighted by Gasteiger charge is 2.19. The first-order valence-electron chi connectivity index (χ1n) is 8.68. The number of ketones is 1. The number of hydrogen-bond donors (Lipinski definition) is 1. The largest absolute Gasteiger partial charge is 0.345 e. The van der Waals surface area contributed by atoms with Crippen LogP contribution < -0.4 is 5.32 Å². The molecule has 0 heterocycles. The van der Waals surface area contributed by atoms with Crippen LogP contribution in [-0.4, -0.2) is 35.7 Å². The Morgan fingerprint density at radius 1 is 0.960 bits per heavy atom. The van der Waals surface area contributed by atoms with E-state index in [-0.39, 0.29) is 18.2 Å². The fourth-order valence-corrected chi connectivity index (χ4v) is 2.71. The highest BCUT2D eigenvalue weighted by Crippen LogP contribution is 2.06. The van der Waals surface area contributed by atoms with Gasteiger partial charge in [-0.25, -0.2) is 0 Å². The molecule has 25 heavy (non-hydrogen) atoms. The third kappa shape index (κ3) is 6.51. The highest BCUT2D eigenvalue weighted by atomic mass is 16.2. The molecule has 0 aliphatic rings. The van der Waals surface area contributed by atoms with E-state index in [2.05, 4.69) is 10.2 Å². The first kappa shape index (κ1) is 18.9. The van der Waals surface area contributed by atoms with Crippen molar-refractivity contribution in [2.45, 2.75) is 32.9 Å². The average molecular weight is 338 g/mol. The van der Waals surface area contributed by atoms with Gasteiger partial charge in [0.2, 0.25) is 5.91 Å². The van der Waals surface area contributed by atoms with E-state index < -0.39 is 6.04 Å². The second-order valence-corrected chi connectivity index (χ2v) is 6.21. The van der Waals surface area contributed by atoms with E-state index in [1.165, 1.54) is 12.5 Å². The summed E-state index contributed by atoms with van der Waals surface area (Å²) in [5.74, 6) is -0.141. The smallest absolute Gasteiger partial charge is 0.234 e. The standard InChI is InChI=1S/C21H26N2O2/c1-3-23(15-19-12-8-5-9-13-19)16-21(25)22-20(17(2)24)14-18-10-6-4-7-11-18/h4-13,20H,3,14-16H2,1-2H3,(H,22,25)/t20-/m1/s1. The lowest BCUT2D eigenvalue weighted by atomic mass is 10.0. The fourth-order valence-electron chi connectivity index (χ4n) is 2.71. The van der Waals surface area contributed by atoms with Gasteiger partial charge in [-0.3, -0.25) is 14.5 Å². The van der Waals surface area contributed by atoms with E-state index in [0.29, 0.717) is 13.0 Å². The molecule has 2 rings (SSSR count). The van der Waals surface area contributed by atoms with Gasteiger partial charge >= 0.3 is 0 Å². The summed E-state index contributed by atoms with van der Waals surface area (Å²) in [6.45, 7) is 5.32. The molecule has 4 heteroatoms. The molecule has 0 fully saturated rings. The Hall–Kier alpha value is -2.46. The number of nitrogens with one attached hydrogen (secondary N) is 1. The van der Waals surface area contributed by atoms with E-state index in [0.717, 1.165) is 12.1 Å². The monoisotopic (exact) mass is 338 g/mol. The van der Waals surface area contributed by atoms with Crippen molar-refractivity contribution in [3.05, 3.63) is 71.8 Å². The van der Waals surface area contributed by atoms with Gasteiger partial charge in [0.15, 0.2) is 5.78 Å². The molecule has 0 bridgehead atoms. The molecule has 0 spiro atoms. The van der Waals surface area contributed by atoms with Gasteiger partial charge in [0.1, 0.15) is 0 Å².